The van der Waals surface area contributed by atoms with Gasteiger partial charge in [-0.1, -0.05) is 12.1 Å². The Balaban J connectivity index is 2.64. The van der Waals surface area contributed by atoms with E-state index in [9.17, 15) is 15.5 Å². The van der Waals surface area contributed by atoms with Crippen LogP contribution in [-0.2, 0) is 0 Å². The molecule has 0 bridgehead atoms. The van der Waals surface area contributed by atoms with Gasteiger partial charge in [0.05, 0.1) is 17.4 Å². The Hall–Kier alpha value is -2.43. The van der Waals surface area contributed by atoms with Crippen LogP contribution in [0.5, 0.6) is 5.75 Å². The molecule has 1 atom stereocenters. The van der Waals surface area contributed by atoms with E-state index >= 15 is 0 Å². The monoisotopic (exact) mass is 316 g/mol. The smallest absolute Gasteiger partial charge is 0.148 e. The van der Waals surface area contributed by atoms with Crippen LogP contribution < -0.4 is 11.5 Å². The lowest BCUT2D eigenvalue weighted by Gasteiger charge is -2.14. The predicted molar refractivity (Wildman–Crippen MR) is 87.3 cm³/mol. The van der Waals surface area contributed by atoms with E-state index in [0.717, 1.165) is 0 Å². The maximum absolute atomic E-state index is 9.63. The molecule has 0 radical (unpaired) electrons. The van der Waals surface area contributed by atoms with E-state index in [2.05, 4.69) is 11.1 Å². The van der Waals surface area contributed by atoms with Crippen molar-refractivity contribution in [1.82, 2.24) is 4.98 Å². The second kappa shape index (κ2) is 6.56. The summed E-state index contributed by atoms with van der Waals surface area (Å²) < 4.78 is 0. The fourth-order valence-electron chi connectivity index (χ4n) is 1.96. The molecule has 1 aromatic heterocycles. The first-order valence-corrected chi connectivity index (χ1v) is 7.52. The third-order valence-electron chi connectivity index (χ3n) is 2.94. The largest absolute Gasteiger partial charge is 0.508 e. The number of nitrogen functional groups attached to an aromatic ring is 2. The number of phenolic OH excluding ortho intramolecular Hbond substituents is 1. The highest BCUT2D eigenvalue weighted by atomic mass is 32.2. The quantitative estimate of drug-likeness (QED) is 0.634. The van der Waals surface area contributed by atoms with Gasteiger partial charge in [-0.05, 0) is 24.6 Å². The number of nitriles is 1. The van der Waals surface area contributed by atoms with Crippen LogP contribution >= 0.6 is 11.8 Å². The van der Waals surface area contributed by atoms with Crippen LogP contribution in [0.3, 0.4) is 0 Å². The molecule has 1 aromatic carbocycles. The highest BCUT2D eigenvalue weighted by molar-refractivity contribution is 7.99. The molecule has 0 aliphatic heterocycles. The Kier molecular flexibility index (Phi) is 4.75. The van der Waals surface area contributed by atoms with E-state index < -0.39 is 6.10 Å². The van der Waals surface area contributed by atoms with Crippen molar-refractivity contribution < 1.29 is 10.2 Å². The molecule has 6 N–H and O–H groups in total. The average molecular weight is 316 g/mol. The SMILES string of the molecule is CC(O)CSc1nc(N)c(N)c(-c2cccc(O)c2)c1C#N. The van der Waals surface area contributed by atoms with E-state index in [-0.39, 0.29) is 22.8 Å². The van der Waals surface area contributed by atoms with Gasteiger partial charge in [-0.15, -0.1) is 11.8 Å². The first-order chi connectivity index (χ1) is 10.4. The molecule has 114 valence electrons. The summed E-state index contributed by atoms with van der Waals surface area (Å²) in [5, 5.41) is 28.9. The van der Waals surface area contributed by atoms with Crippen LogP contribution in [0.25, 0.3) is 11.1 Å². The van der Waals surface area contributed by atoms with E-state index in [4.69, 9.17) is 11.5 Å². The number of nitrogens with two attached hydrogens (primary N) is 2. The van der Waals surface area contributed by atoms with Crippen LogP contribution in [0.1, 0.15) is 12.5 Å². The highest BCUT2D eigenvalue weighted by Gasteiger charge is 2.19. The number of rotatable bonds is 4. The maximum Gasteiger partial charge on any atom is 0.148 e. The molecule has 6 nitrogen and oxygen atoms in total. The van der Waals surface area contributed by atoms with Gasteiger partial charge in [0.2, 0.25) is 0 Å². The van der Waals surface area contributed by atoms with Crippen LogP contribution in [0, 0.1) is 11.3 Å². The summed E-state index contributed by atoms with van der Waals surface area (Å²) in [7, 11) is 0. The number of thioether (sulfide) groups is 1. The molecule has 0 spiro atoms. The molecule has 0 saturated heterocycles. The van der Waals surface area contributed by atoms with Crippen molar-refractivity contribution in [2.75, 3.05) is 17.2 Å². The summed E-state index contributed by atoms with van der Waals surface area (Å²) in [6.07, 6.45) is -0.540. The summed E-state index contributed by atoms with van der Waals surface area (Å²) in [6, 6.07) is 8.52. The van der Waals surface area contributed by atoms with Crippen molar-refractivity contribution in [1.29, 1.82) is 5.26 Å². The fourth-order valence-corrected chi connectivity index (χ4v) is 2.82. The normalized spacial score (nSPS) is 11.9. The van der Waals surface area contributed by atoms with Crippen LogP contribution in [0.2, 0.25) is 0 Å². The second-order valence-electron chi connectivity index (χ2n) is 4.79. The van der Waals surface area contributed by atoms with Crippen molar-refractivity contribution in [3.8, 4) is 22.9 Å². The number of aliphatic hydroxyl groups is 1. The minimum Gasteiger partial charge on any atom is -0.508 e. The Bertz CT molecular complexity index is 741. The highest BCUT2D eigenvalue weighted by Crippen LogP contribution is 2.38. The zero-order valence-corrected chi connectivity index (χ0v) is 12.8. The minimum absolute atomic E-state index is 0.0642. The molecular formula is C15H16N4O2S. The zero-order valence-electron chi connectivity index (χ0n) is 11.9. The minimum atomic E-state index is -0.540. The first-order valence-electron chi connectivity index (χ1n) is 6.53. The molecule has 0 fully saturated rings. The Morgan fingerprint density at radius 2 is 2.14 bits per heavy atom. The van der Waals surface area contributed by atoms with Gasteiger partial charge in [0.15, 0.2) is 0 Å². The standard InChI is InChI=1S/C15H16N4O2S/c1-8(20)7-22-15-11(6-16)12(13(17)14(18)19-15)9-3-2-4-10(21)5-9/h2-5,8,20-21H,7,17H2,1H3,(H2,18,19). The van der Waals surface area contributed by atoms with Crippen molar-refractivity contribution >= 4 is 23.3 Å². The Labute approximate surface area is 132 Å². The molecule has 2 aromatic rings. The van der Waals surface area contributed by atoms with Crippen molar-refractivity contribution in [2.45, 2.75) is 18.1 Å². The topological polar surface area (TPSA) is 129 Å². The number of nitrogens with zero attached hydrogens (tertiary/aromatic N) is 2. The molecule has 2 rings (SSSR count). The number of aromatic hydroxyl groups is 1. The molecule has 1 heterocycles. The average Bonchev–Trinajstić information content (AvgIpc) is 2.47. The molecular weight excluding hydrogens is 300 g/mol. The van der Waals surface area contributed by atoms with Gasteiger partial charge in [-0.25, -0.2) is 4.98 Å². The van der Waals surface area contributed by atoms with Gasteiger partial charge in [0, 0.05) is 11.3 Å². The lowest BCUT2D eigenvalue weighted by atomic mass is 10.00. The van der Waals surface area contributed by atoms with E-state index in [1.165, 1.54) is 23.9 Å². The maximum atomic E-state index is 9.63. The number of anilines is 2. The Morgan fingerprint density at radius 1 is 1.41 bits per heavy atom. The second-order valence-corrected chi connectivity index (χ2v) is 5.80. The number of phenols is 1. The summed E-state index contributed by atoms with van der Waals surface area (Å²) in [6.45, 7) is 1.65. The molecule has 0 amide bonds. The van der Waals surface area contributed by atoms with Crippen LogP contribution in [0.4, 0.5) is 11.5 Å². The number of aromatic nitrogens is 1. The van der Waals surface area contributed by atoms with Gasteiger partial charge in [0.1, 0.15) is 22.7 Å². The molecule has 0 aliphatic carbocycles. The molecule has 7 heteroatoms. The lowest BCUT2D eigenvalue weighted by molar-refractivity contribution is 0.220. The number of hydrogen-bond donors (Lipinski definition) is 4. The number of hydrogen-bond acceptors (Lipinski definition) is 7. The fraction of sp³-hybridized carbons (Fsp3) is 0.200. The predicted octanol–water partition coefficient (Wildman–Crippen LogP) is 1.96. The van der Waals surface area contributed by atoms with Crippen molar-refractivity contribution in [3.63, 3.8) is 0 Å². The third-order valence-corrected chi connectivity index (χ3v) is 4.16. The first kappa shape index (κ1) is 15.9. The molecule has 0 aliphatic rings. The molecule has 1 unspecified atom stereocenters. The van der Waals surface area contributed by atoms with Crippen molar-refractivity contribution in [2.24, 2.45) is 0 Å². The number of aliphatic hydroxyl groups excluding tert-OH is 1. The van der Waals surface area contributed by atoms with Crippen LogP contribution in [0.15, 0.2) is 29.3 Å². The van der Waals surface area contributed by atoms with Gasteiger partial charge >= 0.3 is 0 Å². The Morgan fingerprint density at radius 3 is 2.73 bits per heavy atom. The zero-order chi connectivity index (χ0) is 16.3. The summed E-state index contributed by atoms with van der Waals surface area (Å²) in [5.74, 6) is 0.560. The number of pyridine rings is 1. The van der Waals surface area contributed by atoms with Gasteiger partial charge < -0.3 is 21.7 Å². The van der Waals surface area contributed by atoms with E-state index in [0.29, 0.717) is 21.9 Å². The summed E-state index contributed by atoms with van der Waals surface area (Å²) in [4.78, 5) is 4.14. The number of benzene rings is 1. The van der Waals surface area contributed by atoms with Crippen molar-refractivity contribution in [3.05, 3.63) is 29.8 Å². The third kappa shape index (κ3) is 3.24. The van der Waals surface area contributed by atoms with Crippen LogP contribution in [-0.4, -0.2) is 27.1 Å². The lowest BCUT2D eigenvalue weighted by Crippen LogP contribution is -2.07. The van der Waals surface area contributed by atoms with E-state index in [1.54, 1.807) is 19.1 Å². The van der Waals surface area contributed by atoms with Gasteiger partial charge in [0.25, 0.3) is 0 Å². The van der Waals surface area contributed by atoms with Gasteiger partial charge in [-0.3, -0.25) is 0 Å². The molecule has 0 saturated carbocycles. The van der Waals surface area contributed by atoms with Gasteiger partial charge in [-0.2, -0.15) is 5.26 Å². The summed E-state index contributed by atoms with van der Waals surface area (Å²) >= 11 is 1.23. The van der Waals surface area contributed by atoms with E-state index in [1.807, 2.05) is 0 Å². The summed E-state index contributed by atoms with van der Waals surface area (Å²) in [5.41, 5.74) is 13.3. The molecule has 22 heavy (non-hydrogen) atoms.